The van der Waals surface area contributed by atoms with Crippen molar-refractivity contribution in [3.63, 3.8) is 0 Å². The molecule has 3 aliphatic rings. The Balaban J connectivity index is 2.02. The molecule has 0 unspecified atom stereocenters. The molecule has 0 spiro atoms. The van der Waals surface area contributed by atoms with Crippen LogP contribution in [-0.2, 0) is 4.79 Å². The van der Waals surface area contributed by atoms with Gasteiger partial charge in [-0.3, -0.25) is 4.79 Å². The van der Waals surface area contributed by atoms with Crippen LogP contribution in [0.15, 0.2) is 24.8 Å². The average Bonchev–Trinajstić information content (AvgIpc) is 2.86. The molecule has 0 aromatic carbocycles. The fourth-order valence-electron chi connectivity index (χ4n) is 4.70. The number of allylic oxidation sites excluding steroid dienone is 3. The smallest absolute Gasteiger partial charge is 0.137 e. The van der Waals surface area contributed by atoms with Gasteiger partial charge in [-0.1, -0.05) is 37.9 Å². The van der Waals surface area contributed by atoms with E-state index in [9.17, 15) is 4.79 Å². The number of carbonyl (C=O) groups excluding carboxylic acids is 1. The van der Waals surface area contributed by atoms with Gasteiger partial charge in [-0.05, 0) is 30.1 Å². The molecule has 2 saturated carbocycles. The van der Waals surface area contributed by atoms with Gasteiger partial charge in [0, 0.05) is 11.5 Å². The van der Waals surface area contributed by atoms with Crippen molar-refractivity contribution in [2.24, 2.45) is 29.6 Å². The second-order valence-corrected chi connectivity index (χ2v) is 12.5. The number of Topliss-reactive ketones (excluding diaryl/α,β-unsaturated/α-hetero) is 1. The van der Waals surface area contributed by atoms with Gasteiger partial charge in [0.15, 0.2) is 0 Å². The van der Waals surface area contributed by atoms with E-state index in [0.717, 1.165) is 0 Å². The van der Waals surface area contributed by atoms with Crippen LogP contribution in [0.4, 0.5) is 0 Å². The van der Waals surface area contributed by atoms with Crippen LogP contribution in [-0.4, -0.2) is 13.9 Å². The lowest BCUT2D eigenvalue weighted by Gasteiger charge is -2.30. The summed E-state index contributed by atoms with van der Waals surface area (Å²) < 4.78 is 0. The zero-order valence-corrected chi connectivity index (χ0v) is 12.0. The van der Waals surface area contributed by atoms with Crippen LogP contribution < -0.4 is 0 Å². The standard InChI is InChI=1S/C15H22OSi/c1-5-11-12-9-6-7-10(8-9)13(12)14(16)15(11)17(2,3)4/h5-7,9-13,15H,1,8H2,2-4H3/t9-,10+,11-,12-,13-,15+/m0/s1. The molecule has 1 nitrogen and oxygen atoms in total. The van der Waals surface area contributed by atoms with Crippen LogP contribution >= 0.6 is 0 Å². The van der Waals surface area contributed by atoms with Crippen LogP contribution in [0, 0.1) is 29.6 Å². The van der Waals surface area contributed by atoms with Crippen molar-refractivity contribution in [2.75, 3.05) is 0 Å². The van der Waals surface area contributed by atoms with Gasteiger partial charge in [0.25, 0.3) is 0 Å². The van der Waals surface area contributed by atoms with Crippen molar-refractivity contribution < 1.29 is 4.79 Å². The number of fused-ring (bicyclic) bond motifs is 5. The van der Waals surface area contributed by atoms with Gasteiger partial charge in [0.05, 0.1) is 8.07 Å². The number of hydrogen-bond donors (Lipinski definition) is 0. The van der Waals surface area contributed by atoms with E-state index in [1.54, 1.807) is 0 Å². The summed E-state index contributed by atoms with van der Waals surface area (Å²) in [4.78, 5) is 12.7. The molecule has 0 aromatic rings. The van der Waals surface area contributed by atoms with Gasteiger partial charge in [-0.15, -0.1) is 6.58 Å². The quantitative estimate of drug-likeness (QED) is 0.538. The normalized spacial score (nSPS) is 47.6. The molecule has 2 fully saturated rings. The molecule has 2 heteroatoms. The number of ketones is 1. The molecule has 17 heavy (non-hydrogen) atoms. The Hall–Kier alpha value is -0.633. The Morgan fingerprint density at radius 2 is 1.94 bits per heavy atom. The van der Waals surface area contributed by atoms with Crippen LogP contribution in [0.1, 0.15) is 6.42 Å². The summed E-state index contributed by atoms with van der Waals surface area (Å²) in [5.74, 6) is 3.19. The summed E-state index contributed by atoms with van der Waals surface area (Å²) in [6.45, 7) is 11.0. The second-order valence-electron chi connectivity index (χ2n) is 7.11. The minimum absolute atomic E-state index is 0.320. The molecule has 0 N–H and O–H groups in total. The van der Waals surface area contributed by atoms with Gasteiger partial charge in [-0.2, -0.15) is 0 Å². The Kier molecular flexibility index (Phi) is 2.32. The lowest BCUT2D eigenvalue weighted by Crippen LogP contribution is -2.36. The summed E-state index contributed by atoms with van der Waals surface area (Å²) in [5, 5.41) is 0. The lowest BCUT2D eigenvalue weighted by molar-refractivity contribution is -0.121. The van der Waals surface area contributed by atoms with E-state index in [4.69, 9.17) is 0 Å². The van der Waals surface area contributed by atoms with Crippen molar-refractivity contribution >= 4 is 13.9 Å². The molecule has 0 heterocycles. The molecular formula is C15H22OSi. The van der Waals surface area contributed by atoms with Crippen LogP contribution in [0.3, 0.4) is 0 Å². The van der Waals surface area contributed by atoms with Gasteiger partial charge < -0.3 is 0 Å². The highest BCUT2D eigenvalue weighted by atomic mass is 28.3. The minimum Gasteiger partial charge on any atom is -0.299 e. The number of hydrogen-bond acceptors (Lipinski definition) is 1. The van der Waals surface area contributed by atoms with Crippen molar-refractivity contribution in [3.8, 4) is 0 Å². The first kappa shape index (κ1) is 11.5. The fraction of sp³-hybridized carbons (Fsp3) is 0.667. The third-order valence-corrected chi connectivity index (χ3v) is 7.73. The lowest BCUT2D eigenvalue weighted by atomic mass is 9.81. The summed E-state index contributed by atoms with van der Waals surface area (Å²) in [6.07, 6.45) is 7.99. The molecule has 0 saturated heterocycles. The highest BCUT2D eigenvalue weighted by Crippen LogP contribution is 2.61. The Morgan fingerprint density at radius 3 is 2.53 bits per heavy atom. The molecular weight excluding hydrogens is 224 g/mol. The molecule has 3 rings (SSSR count). The van der Waals surface area contributed by atoms with E-state index in [-0.39, 0.29) is 0 Å². The topological polar surface area (TPSA) is 17.1 Å². The van der Waals surface area contributed by atoms with Gasteiger partial charge in [-0.25, -0.2) is 0 Å². The second kappa shape index (κ2) is 3.44. The van der Waals surface area contributed by atoms with Crippen molar-refractivity contribution in [1.29, 1.82) is 0 Å². The Bertz CT molecular complexity index is 404. The van der Waals surface area contributed by atoms with E-state index in [2.05, 4.69) is 44.4 Å². The largest absolute Gasteiger partial charge is 0.299 e. The summed E-state index contributed by atoms with van der Waals surface area (Å²) in [7, 11) is -1.42. The minimum atomic E-state index is -1.42. The predicted molar refractivity (Wildman–Crippen MR) is 73.5 cm³/mol. The Labute approximate surface area is 105 Å². The van der Waals surface area contributed by atoms with Crippen LogP contribution in [0.2, 0.25) is 25.2 Å². The number of rotatable bonds is 2. The average molecular weight is 246 g/mol. The van der Waals surface area contributed by atoms with E-state index in [0.29, 0.717) is 40.9 Å². The zero-order chi connectivity index (χ0) is 12.4. The molecule has 0 amide bonds. The van der Waals surface area contributed by atoms with Gasteiger partial charge in [0.1, 0.15) is 5.78 Å². The molecule has 0 aliphatic heterocycles. The summed E-state index contributed by atoms with van der Waals surface area (Å²) >= 11 is 0. The molecule has 0 radical (unpaired) electrons. The molecule has 92 valence electrons. The monoisotopic (exact) mass is 246 g/mol. The third-order valence-electron chi connectivity index (χ3n) is 5.19. The van der Waals surface area contributed by atoms with Gasteiger partial charge in [0.2, 0.25) is 0 Å². The first-order valence-corrected chi connectivity index (χ1v) is 10.4. The van der Waals surface area contributed by atoms with Crippen molar-refractivity contribution in [1.82, 2.24) is 0 Å². The molecule has 6 atom stereocenters. The third kappa shape index (κ3) is 1.39. The molecule has 3 aliphatic carbocycles. The maximum absolute atomic E-state index is 12.7. The van der Waals surface area contributed by atoms with Crippen LogP contribution in [0.5, 0.6) is 0 Å². The highest BCUT2D eigenvalue weighted by Gasteiger charge is 2.61. The summed E-state index contributed by atoms with van der Waals surface area (Å²) in [6, 6.07) is 0. The zero-order valence-electron chi connectivity index (χ0n) is 11.0. The van der Waals surface area contributed by atoms with E-state index >= 15 is 0 Å². The molecule has 0 aromatic heterocycles. The maximum Gasteiger partial charge on any atom is 0.137 e. The molecule has 2 bridgehead atoms. The first-order chi connectivity index (χ1) is 7.95. The maximum atomic E-state index is 12.7. The Morgan fingerprint density at radius 1 is 1.29 bits per heavy atom. The van der Waals surface area contributed by atoms with Gasteiger partial charge >= 0.3 is 0 Å². The SMILES string of the molecule is C=C[C@H]1[C@H]2[C@@H](C(=O)[C@@H]1[Si](C)(C)C)[C@@H]1C=C[C@H]2C1. The van der Waals surface area contributed by atoms with Crippen molar-refractivity contribution in [3.05, 3.63) is 24.8 Å². The van der Waals surface area contributed by atoms with Crippen molar-refractivity contribution in [2.45, 2.75) is 31.6 Å². The highest BCUT2D eigenvalue weighted by molar-refractivity contribution is 6.80. The summed E-state index contributed by atoms with van der Waals surface area (Å²) in [5.41, 5.74) is 0.320. The first-order valence-electron chi connectivity index (χ1n) is 6.79. The van der Waals surface area contributed by atoms with E-state index < -0.39 is 8.07 Å². The predicted octanol–water partition coefficient (Wildman–Crippen LogP) is 3.52. The van der Waals surface area contributed by atoms with Crippen LogP contribution in [0.25, 0.3) is 0 Å². The van der Waals surface area contributed by atoms with E-state index in [1.807, 2.05) is 0 Å². The van der Waals surface area contributed by atoms with E-state index in [1.165, 1.54) is 6.42 Å². The fourth-order valence-corrected chi connectivity index (χ4v) is 7.26. The number of carbonyl (C=O) groups is 1.